The van der Waals surface area contributed by atoms with Gasteiger partial charge in [-0.2, -0.15) is 0 Å². The molecular formula is C15H19N3O4. The summed E-state index contributed by atoms with van der Waals surface area (Å²) in [6.45, 7) is 0.148. The van der Waals surface area contributed by atoms with E-state index < -0.39 is 5.97 Å². The fourth-order valence-electron chi connectivity index (χ4n) is 2.15. The topological polar surface area (TPSA) is 94.3 Å². The van der Waals surface area contributed by atoms with E-state index in [2.05, 4.69) is 9.97 Å². The summed E-state index contributed by atoms with van der Waals surface area (Å²) in [5.74, 6) is -1.03. The van der Waals surface area contributed by atoms with Crippen LogP contribution in [0.4, 0.5) is 0 Å². The number of aromatic nitrogens is 3. The highest BCUT2D eigenvalue weighted by Gasteiger charge is 2.06. The van der Waals surface area contributed by atoms with Crippen molar-refractivity contribution in [3.8, 4) is 0 Å². The summed E-state index contributed by atoms with van der Waals surface area (Å²) in [4.78, 5) is 30.1. The van der Waals surface area contributed by atoms with Crippen LogP contribution in [0, 0.1) is 0 Å². The Morgan fingerprint density at radius 1 is 1.18 bits per heavy atom. The van der Waals surface area contributed by atoms with E-state index >= 15 is 0 Å². The molecule has 0 saturated carbocycles. The molecule has 0 unspecified atom stereocenters. The Kier molecular flexibility index (Phi) is 5.88. The van der Waals surface area contributed by atoms with Gasteiger partial charge < -0.3 is 14.4 Å². The molecule has 0 spiro atoms. The first-order valence-corrected chi connectivity index (χ1v) is 7.29. The first-order valence-electron chi connectivity index (χ1n) is 7.29. The molecule has 0 saturated heterocycles. The first kappa shape index (κ1) is 15.9. The van der Waals surface area contributed by atoms with E-state index in [0.717, 1.165) is 23.9 Å². The second-order valence-corrected chi connectivity index (χ2v) is 5.03. The quantitative estimate of drug-likeness (QED) is 0.564. The number of carboxylic acids is 1. The Bertz CT molecular complexity index is 639. The van der Waals surface area contributed by atoms with E-state index in [-0.39, 0.29) is 19.1 Å². The molecule has 0 amide bonds. The van der Waals surface area contributed by atoms with E-state index in [9.17, 15) is 9.59 Å². The second-order valence-electron chi connectivity index (χ2n) is 5.03. The van der Waals surface area contributed by atoms with Gasteiger partial charge in [-0.3, -0.25) is 9.59 Å². The fraction of sp³-hybridized carbons (Fsp3) is 0.467. The van der Waals surface area contributed by atoms with E-state index in [1.165, 1.54) is 6.33 Å². The highest BCUT2D eigenvalue weighted by Crippen LogP contribution is 2.12. The maximum absolute atomic E-state index is 11.7. The molecular weight excluding hydrogens is 286 g/mol. The van der Waals surface area contributed by atoms with Crippen molar-refractivity contribution in [2.75, 3.05) is 0 Å². The number of aliphatic carboxylic acids is 1. The largest absolute Gasteiger partial charge is 0.481 e. The Morgan fingerprint density at radius 2 is 1.95 bits per heavy atom. The zero-order valence-electron chi connectivity index (χ0n) is 12.3. The molecule has 0 aliphatic carbocycles. The predicted octanol–water partition coefficient (Wildman–Crippen LogP) is 2.36. The molecule has 22 heavy (non-hydrogen) atoms. The van der Waals surface area contributed by atoms with Crippen LogP contribution in [0.2, 0.25) is 0 Å². The van der Waals surface area contributed by atoms with Crippen molar-refractivity contribution in [3.05, 3.63) is 24.8 Å². The smallest absolute Gasteiger partial charge is 0.307 e. The third kappa shape index (κ3) is 4.83. The number of carbonyl (C=O) groups excluding carboxylic acids is 1. The molecule has 0 fully saturated rings. The van der Waals surface area contributed by atoms with Gasteiger partial charge >= 0.3 is 11.9 Å². The molecule has 118 valence electrons. The van der Waals surface area contributed by atoms with Crippen molar-refractivity contribution < 1.29 is 19.4 Å². The predicted molar refractivity (Wildman–Crippen MR) is 79.0 cm³/mol. The zero-order valence-corrected chi connectivity index (χ0v) is 12.3. The summed E-state index contributed by atoms with van der Waals surface area (Å²) in [6.07, 6.45) is 8.52. The summed E-state index contributed by atoms with van der Waals surface area (Å²) in [5.41, 5.74) is 1.63. The molecule has 0 radical (unpaired) electrons. The number of fused-ring (bicyclic) bond motifs is 1. The SMILES string of the molecule is O=C(O)CCCCCCC(=O)OCn1ccc2ncncc21. The number of ether oxygens (including phenoxy) is 1. The first-order chi connectivity index (χ1) is 10.7. The molecule has 2 heterocycles. The van der Waals surface area contributed by atoms with Crippen molar-refractivity contribution in [1.29, 1.82) is 0 Å². The van der Waals surface area contributed by atoms with Gasteiger partial charge in [0.05, 0.1) is 17.2 Å². The van der Waals surface area contributed by atoms with Gasteiger partial charge in [-0.1, -0.05) is 12.8 Å². The lowest BCUT2D eigenvalue weighted by Crippen LogP contribution is -2.08. The Hall–Kier alpha value is -2.44. The van der Waals surface area contributed by atoms with Gasteiger partial charge in [0.1, 0.15) is 6.33 Å². The number of carboxylic acid groups (broad SMARTS) is 1. The Labute approximate surface area is 127 Å². The minimum Gasteiger partial charge on any atom is -0.481 e. The summed E-state index contributed by atoms with van der Waals surface area (Å²) in [7, 11) is 0. The highest BCUT2D eigenvalue weighted by molar-refractivity contribution is 5.74. The van der Waals surface area contributed by atoms with E-state index in [4.69, 9.17) is 9.84 Å². The minimum atomic E-state index is -0.776. The van der Waals surface area contributed by atoms with E-state index in [1.807, 2.05) is 6.07 Å². The second kappa shape index (κ2) is 8.11. The Morgan fingerprint density at radius 3 is 2.73 bits per heavy atom. The van der Waals surface area contributed by atoms with Gasteiger partial charge in [-0.25, -0.2) is 9.97 Å². The monoisotopic (exact) mass is 305 g/mol. The van der Waals surface area contributed by atoms with Crippen LogP contribution in [0.15, 0.2) is 24.8 Å². The highest BCUT2D eigenvalue weighted by atomic mass is 16.5. The van der Waals surface area contributed by atoms with Gasteiger partial charge in [0.15, 0.2) is 6.73 Å². The molecule has 7 nitrogen and oxygen atoms in total. The number of nitrogens with zero attached hydrogens (tertiary/aromatic N) is 3. The number of carbonyl (C=O) groups is 2. The van der Waals surface area contributed by atoms with Gasteiger partial charge in [-0.15, -0.1) is 0 Å². The van der Waals surface area contributed by atoms with Crippen LogP contribution in [-0.4, -0.2) is 31.6 Å². The van der Waals surface area contributed by atoms with Gasteiger partial charge in [0.2, 0.25) is 0 Å². The van der Waals surface area contributed by atoms with Gasteiger partial charge in [0.25, 0.3) is 0 Å². The standard InChI is InChI=1S/C15H19N3O4/c19-14(20)5-3-1-2-4-6-15(21)22-11-18-8-7-12-13(18)9-16-10-17-12/h7-10H,1-6,11H2,(H,19,20). The van der Waals surface area contributed by atoms with Gasteiger partial charge in [-0.05, 0) is 18.9 Å². The van der Waals surface area contributed by atoms with Crippen LogP contribution < -0.4 is 0 Å². The zero-order chi connectivity index (χ0) is 15.8. The average Bonchev–Trinajstić information content (AvgIpc) is 2.91. The number of hydrogen-bond donors (Lipinski definition) is 1. The summed E-state index contributed by atoms with van der Waals surface area (Å²) in [6, 6.07) is 1.84. The molecule has 0 bridgehead atoms. The van der Waals surface area contributed by atoms with Crippen LogP contribution in [0.1, 0.15) is 38.5 Å². The maximum atomic E-state index is 11.7. The van der Waals surface area contributed by atoms with Crippen molar-refractivity contribution in [1.82, 2.24) is 14.5 Å². The lowest BCUT2D eigenvalue weighted by molar-refractivity contribution is -0.147. The minimum absolute atomic E-state index is 0.148. The number of unbranched alkanes of at least 4 members (excludes halogenated alkanes) is 3. The van der Waals surface area contributed by atoms with Crippen LogP contribution in [0.25, 0.3) is 11.0 Å². The normalized spacial score (nSPS) is 10.7. The van der Waals surface area contributed by atoms with Crippen molar-refractivity contribution in [2.24, 2.45) is 0 Å². The number of hydrogen-bond acceptors (Lipinski definition) is 5. The van der Waals surface area contributed by atoms with Crippen LogP contribution >= 0.6 is 0 Å². The molecule has 1 N–H and O–H groups in total. The van der Waals surface area contributed by atoms with Crippen molar-refractivity contribution in [3.63, 3.8) is 0 Å². The number of rotatable bonds is 9. The average molecular weight is 305 g/mol. The van der Waals surface area contributed by atoms with Crippen LogP contribution in [-0.2, 0) is 21.1 Å². The molecule has 0 atom stereocenters. The summed E-state index contributed by atoms with van der Waals surface area (Å²) < 4.78 is 6.99. The van der Waals surface area contributed by atoms with Crippen molar-refractivity contribution in [2.45, 2.75) is 45.3 Å². The molecule has 2 rings (SSSR count). The van der Waals surface area contributed by atoms with E-state index in [1.54, 1.807) is 17.0 Å². The van der Waals surface area contributed by atoms with Gasteiger partial charge in [0, 0.05) is 19.0 Å². The lowest BCUT2D eigenvalue weighted by Gasteiger charge is -2.07. The lowest BCUT2D eigenvalue weighted by atomic mass is 10.1. The molecule has 0 aliphatic heterocycles. The third-order valence-electron chi connectivity index (χ3n) is 3.33. The van der Waals surface area contributed by atoms with E-state index in [0.29, 0.717) is 19.3 Å². The van der Waals surface area contributed by atoms with Crippen LogP contribution in [0.5, 0.6) is 0 Å². The number of esters is 1. The summed E-state index contributed by atoms with van der Waals surface area (Å²) in [5, 5.41) is 8.51. The Balaban J connectivity index is 1.64. The third-order valence-corrected chi connectivity index (χ3v) is 3.33. The molecule has 2 aromatic heterocycles. The molecule has 2 aromatic rings. The fourth-order valence-corrected chi connectivity index (χ4v) is 2.15. The maximum Gasteiger partial charge on any atom is 0.307 e. The van der Waals surface area contributed by atoms with Crippen LogP contribution in [0.3, 0.4) is 0 Å². The molecule has 0 aromatic carbocycles. The van der Waals surface area contributed by atoms with Crippen molar-refractivity contribution >= 4 is 23.0 Å². The molecule has 7 heteroatoms. The summed E-state index contributed by atoms with van der Waals surface area (Å²) >= 11 is 0. The molecule has 0 aliphatic rings.